The first-order valence-corrected chi connectivity index (χ1v) is 7.06. The summed E-state index contributed by atoms with van der Waals surface area (Å²) in [5.41, 5.74) is 0.794. The summed E-state index contributed by atoms with van der Waals surface area (Å²) in [6.07, 6.45) is 0.401. The summed E-state index contributed by atoms with van der Waals surface area (Å²) < 4.78 is 10.4. The second-order valence-electron chi connectivity index (χ2n) is 4.83. The first-order chi connectivity index (χ1) is 10.6. The van der Waals surface area contributed by atoms with E-state index >= 15 is 0 Å². The van der Waals surface area contributed by atoms with Gasteiger partial charge in [-0.1, -0.05) is 17.3 Å². The van der Waals surface area contributed by atoms with E-state index in [0.717, 1.165) is 11.3 Å². The van der Waals surface area contributed by atoms with Crippen LogP contribution < -0.4 is 15.4 Å². The Labute approximate surface area is 141 Å². The Morgan fingerprint density at radius 1 is 1.43 bits per heavy atom. The Hall–Kier alpha value is -2.12. The smallest absolute Gasteiger partial charge is 0.249 e. The zero-order valence-electron chi connectivity index (χ0n) is 13.3. The maximum Gasteiger partial charge on any atom is 0.249 e. The average Bonchev–Trinajstić information content (AvgIpc) is 3.03. The molecule has 1 aromatic heterocycles. The van der Waals surface area contributed by atoms with Gasteiger partial charge < -0.3 is 19.9 Å². The Kier molecular flexibility index (Phi) is 7.50. The van der Waals surface area contributed by atoms with Gasteiger partial charge in [0, 0.05) is 18.5 Å². The Bertz CT molecular complexity index is 633. The van der Waals surface area contributed by atoms with E-state index in [0.29, 0.717) is 24.7 Å². The molecule has 2 aromatic rings. The van der Waals surface area contributed by atoms with Gasteiger partial charge in [-0.05, 0) is 26.1 Å². The van der Waals surface area contributed by atoms with Crippen LogP contribution in [0.25, 0.3) is 11.4 Å². The van der Waals surface area contributed by atoms with Gasteiger partial charge >= 0.3 is 0 Å². The Balaban J connectivity index is 0.00000264. The van der Waals surface area contributed by atoms with E-state index in [1.165, 1.54) is 0 Å². The monoisotopic (exact) mass is 340 g/mol. The van der Waals surface area contributed by atoms with Gasteiger partial charge in [0.15, 0.2) is 0 Å². The molecule has 8 heteroatoms. The van der Waals surface area contributed by atoms with E-state index in [-0.39, 0.29) is 24.4 Å². The average molecular weight is 341 g/mol. The number of hydrogen-bond donors (Lipinski definition) is 2. The molecule has 1 amide bonds. The quantitative estimate of drug-likeness (QED) is 0.800. The first-order valence-electron chi connectivity index (χ1n) is 7.06. The van der Waals surface area contributed by atoms with Crippen LogP contribution >= 0.6 is 12.4 Å². The van der Waals surface area contributed by atoms with Crippen LogP contribution in [0.4, 0.5) is 0 Å². The second-order valence-corrected chi connectivity index (χ2v) is 4.83. The number of benzene rings is 1. The van der Waals surface area contributed by atoms with Gasteiger partial charge in [0.2, 0.25) is 17.6 Å². The van der Waals surface area contributed by atoms with Crippen molar-refractivity contribution in [1.82, 2.24) is 20.8 Å². The lowest BCUT2D eigenvalue weighted by Gasteiger charge is -2.09. The van der Waals surface area contributed by atoms with Gasteiger partial charge in [-0.25, -0.2) is 0 Å². The van der Waals surface area contributed by atoms with Crippen molar-refractivity contribution in [2.75, 3.05) is 20.7 Å². The largest absolute Gasteiger partial charge is 0.497 e. The maximum absolute atomic E-state index is 11.7. The van der Waals surface area contributed by atoms with Crippen molar-refractivity contribution in [3.05, 3.63) is 30.2 Å². The molecule has 1 atom stereocenters. The minimum atomic E-state index is -0.337. The molecule has 0 radical (unpaired) electrons. The second kappa shape index (κ2) is 9.12. The summed E-state index contributed by atoms with van der Waals surface area (Å²) in [5.74, 6) is 1.49. The summed E-state index contributed by atoms with van der Waals surface area (Å²) >= 11 is 0. The number of hydrogen-bond acceptors (Lipinski definition) is 6. The van der Waals surface area contributed by atoms with Gasteiger partial charge in [0.05, 0.1) is 7.11 Å². The normalized spacial score (nSPS) is 11.4. The van der Waals surface area contributed by atoms with Crippen LogP contribution in [0.1, 0.15) is 25.3 Å². The number of carbonyl (C=O) groups is 1. The van der Waals surface area contributed by atoms with Gasteiger partial charge in [0.1, 0.15) is 11.8 Å². The molecule has 0 saturated heterocycles. The molecule has 0 spiro atoms. The van der Waals surface area contributed by atoms with Gasteiger partial charge in [0.25, 0.3) is 0 Å². The number of ether oxygens (including phenoxy) is 1. The summed E-state index contributed by atoms with van der Waals surface area (Å²) in [5, 5.41) is 9.69. The molecule has 0 fully saturated rings. The molecule has 23 heavy (non-hydrogen) atoms. The third-order valence-electron chi connectivity index (χ3n) is 3.12. The van der Waals surface area contributed by atoms with E-state index in [1.54, 1.807) is 21.1 Å². The zero-order valence-corrected chi connectivity index (χ0v) is 14.1. The van der Waals surface area contributed by atoms with Crippen molar-refractivity contribution >= 4 is 18.3 Å². The molecule has 0 aliphatic carbocycles. The van der Waals surface area contributed by atoms with E-state index in [9.17, 15) is 4.79 Å². The number of halogens is 1. The number of nitrogens with zero attached hydrogens (tertiary/aromatic N) is 2. The molecule has 2 N–H and O–H groups in total. The third-order valence-corrected chi connectivity index (χ3v) is 3.12. The van der Waals surface area contributed by atoms with Crippen LogP contribution in [0, 0.1) is 0 Å². The highest BCUT2D eigenvalue weighted by Crippen LogP contribution is 2.22. The van der Waals surface area contributed by atoms with Crippen molar-refractivity contribution in [2.24, 2.45) is 0 Å². The maximum atomic E-state index is 11.7. The van der Waals surface area contributed by atoms with Crippen LogP contribution in [0.3, 0.4) is 0 Å². The van der Waals surface area contributed by atoms with Gasteiger partial charge in [-0.3, -0.25) is 4.79 Å². The summed E-state index contributed by atoms with van der Waals surface area (Å²) in [6, 6.07) is 7.05. The van der Waals surface area contributed by atoms with Crippen LogP contribution in [0.2, 0.25) is 0 Å². The molecule has 2 rings (SSSR count). The highest BCUT2D eigenvalue weighted by molar-refractivity contribution is 5.85. The lowest BCUT2D eigenvalue weighted by Crippen LogP contribution is -2.29. The number of rotatable bonds is 7. The van der Waals surface area contributed by atoms with Crippen molar-refractivity contribution < 1.29 is 14.1 Å². The minimum absolute atomic E-state index is 0. The molecular formula is C15H21ClN4O3. The van der Waals surface area contributed by atoms with Crippen LogP contribution in [-0.4, -0.2) is 36.8 Å². The predicted molar refractivity (Wildman–Crippen MR) is 88.6 cm³/mol. The van der Waals surface area contributed by atoms with Crippen molar-refractivity contribution in [1.29, 1.82) is 0 Å². The highest BCUT2D eigenvalue weighted by atomic mass is 35.5. The Morgan fingerprint density at radius 3 is 2.91 bits per heavy atom. The zero-order chi connectivity index (χ0) is 15.9. The highest BCUT2D eigenvalue weighted by Gasteiger charge is 2.17. The summed E-state index contributed by atoms with van der Waals surface area (Å²) in [4.78, 5) is 16.0. The van der Waals surface area contributed by atoms with Crippen LogP contribution in [-0.2, 0) is 4.79 Å². The molecule has 1 heterocycles. The molecule has 0 bridgehead atoms. The molecule has 0 aliphatic heterocycles. The number of amides is 1. The standard InChI is InChI=1S/C15H20N4O3.ClH/c1-10(17-13(20)7-8-16-2)15-18-14(19-22-15)11-5-4-6-12(9-11)21-3;/h4-6,9-10,16H,7-8H2,1-3H3,(H,17,20);1H. The van der Waals surface area contributed by atoms with Gasteiger partial charge in [-0.15, -0.1) is 12.4 Å². The molecular weight excluding hydrogens is 320 g/mol. The van der Waals surface area contributed by atoms with E-state index in [4.69, 9.17) is 9.26 Å². The van der Waals surface area contributed by atoms with E-state index in [2.05, 4.69) is 20.8 Å². The fourth-order valence-electron chi connectivity index (χ4n) is 1.90. The lowest BCUT2D eigenvalue weighted by atomic mass is 10.2. The molecule has 126 valence electrons. The van der Waals surface area contributed by atoms with Crippen molar-refractivity contribution in [3.63, 3.8) is 0 Å². The molecule has 1 aromatic carbocycles. The van der Waals surface area contributed by atoms with Crippen LogP contribution in [0.5, 0.6) is 5.75 Å². The molecule has 1 unspecified atom stereocenters. The number of nitrogens with one attached hydrogen (secondary N) is 2. The molecule has 0 aliphatic rings. The first kappa shape index (κ1) is 18.9. The number of carbonyl (C=O) groups excluding carboxylic acids is 1. The fourth-order valence-corrected chi connectivity index (χ4v) is 1.90. The SMILES string of the molecule is CNCCC(=O)NC(C)c1nc(-c2cccc(OC)c2)no1.Cl. The van der Waals surface area contributed by atoms with Crippen molar-refractivity contribution in [3.8, 4) is 17.1 Å². The topological polar surface area (TPSA) is 89.3 Å². The van der Waals surface area contributed by atoms with Crippen molar-refractivity contribution in [2.45, 2.75) is 19.4 Å². The molecule has 0 saturated carbocycles. The number of aromatic nitrogens is 2. The number of methoxy groups -OCH3 is 1. The lowest BCUT2D eigenvalue weighted by molar-refractivity contribution is -0.121. The van der Waals surface area contributed by atoms with Crippen LogP contribution in [0.15, 0.2) is 28.8 Å². The van der Waals surface area contributed by atoms with Gasteiger partial charge in [-0.2, -0.15) is 4.98 Å². The predicted octanol–water partition coefficient (Wildman–Crippen LogP) is 1.95. The molecule has 7 nitrogen and oxygen atoms in total. The Morgan fingerprint density at radius 2 is 2.22 bits per heavy atom. The van der Waals surface area contributed by atoms with E-state index in [1.807, 2.05) is 24.3 Å². The van der Waals surface area contributed by atoms with E-state index < -0.39 is 0 Å². The fraction of sp³-hybridized carbons (Fsp3) is 0.400. The summed E-state index contributed by atoms with van der Waals surface area (Å²) in [6.45, 7) is 2.43. The minimum Gasteiger partial charge on any atom is -0.497 e. The summed E-state index contributed by atoms with van der Waals surface area (Å²) in [7, 11) is 3.40. The third kappa shape index (κ3) is 5.22.